The normalized spacial score (nSPS) is 15.6. The van der Waals surface area contributed by atoms with Crippen molar-refractivity contribution in [1.29, 1.82) is 0 Å². The molecule has 0 saturated carbocycles. The summed E-state index contributed by atoms with van der Waals surface area (Å²) >= 11 is 1.70. The van der Waals surface area contributed by atoms with Gasteiger partial charge in [-0.15, -0.1) is 0 Å². The molecule has 3 heteroatoms. The lowest BCUT2D eigenvalue weighted by atomic mass is 9.89. The van der Waals surface area contributed by atoms with Crippen molar-refractivity contribution in [3.05, 3.63) is 35.9 Å². The summed E-state index contributed by atoms with van der Waals surface area (Å²) in [6.45, 7) is 6.40. The van der Waals surface area contributed by atoms with E-state index in [1.54, 1.807) is 11.8 Å². The van der Waals surface area contributed by atoms with E-state index in [0.717, 1.165) is 0 Å². The molecule has 0 aliphatic heterocycles. The Bertz CT molecular complexity index is 324. The lowest BCUT2D eigenvalue weighted by Crippen LogP contribution is -2.27. The maximum atomic E-state index is 9.40. The Morgan fingerprint density at radius 1 is 1.24 bits per heavy atom. The van der Waals surface area contributed by atoms with Crippen molar-refractivity contribution < 1.29 is 10.2 Å². The standard InChI is InChI=1S/C14H22O2S/c1-11(12-7-5-4-6-8-12)14(2,3)17-10-13(16)9-15/h4-8,11,13,15-16H,9-10H2,1-3H3. The highest BCUT2D eigenvalue weighted by molar-refractivity contribution is 8.00. The zero-order valence-electron chi connectivity index (χ0n) is 10.8. The number of thioether (sulfide) groups is 1. The SMILES string of the molecule is CC(c1ccccc1)C(C)(C)SCC(O)CO. The van der Waals surface area contributed by atoms with E-state index in [2.05, 4.69) is 45.0 Å². The van der Waals surface area contributed by atoms with Gasteiger partial charge in [0.15, 0.2) is 0 Å². The Hall–Kier alpha value is -0.510. The van der Waals surface area contributed by atoms with Gasteiger partial charge in [0.1, 0.15) is 0 Å². The van der Waals surface area contributed by atoms with Crippen LogP contribution >= 0.6 is 11.8 Å². The van der Waals surface area contributed by atoms with Gasteiger partial charge in [-0.1, -0.05) is 51.1 Å². The molecule has 96 valence electrons. The summed E-state index contributed by atoms with van der Waals surface area (Å²) in [6.07, 6.45) is -0.623. The molecule has 1 aromatic rings. The van der Waals surface area contributed by atoms with Crippen molar-refractivity contribution in [1.82, 2.24) is 0 Å². The predicted molar refractivity (Wildman–Crippen MR) is 74.5 cm³/mol. The Morgan fingerprint density at radius 3 is 2.35 bits per heavy atom. The first-order valence-corrected chi connectivity index (χ1v) is 6.93. The summed E-state index contributed by atoms with van der Waals surface area (Å²) in [4.78, 5) is 0. The van der Waals surface area contributed by atoms with Crippen LogP contribution in [-0.4, -0.2) is 33.4 Å². The van der Waals surface area contributed by atoms with E-state index < -0.39 is 6.10 Å². The molecule has 0 radical (unpaired) electrons. The first-order valence-electron chi connectivity index (χ1n) is 5.95. The Morgan fingerprint density at radius 2 is 1.82 bits per heavy atom. The van der Waals surface area contributed by atoms with E-state index >= 15 is 0 Å². The lowest BCUT2D eigenvalue weighted by molar-refractivity contribution is 0.113. The van der Waals surface area contributed by atoms with Gasteiger partial charge < -0.3 is 10.2 Å². The third-order valence-corrected chi connectivity index (χ3v) is 4.85. The van der Waals surface area contributed by atoms with Crippen LogP contribution < -0.4 is 0 Å². The van der Waals surface area contributed by atoms with Crippen LogP contribution in [0.2, 0.25) is 0 Å². The van der Waals surface area contributed by atoms with Gasteiger partial charge in [-0.2, -0.15) is 11.8 Å². The molecule has 0 saturated heterocycles. The number of hydrogen-bond donors (Lipinski definition) is 2. The highest BCUT2D eigenvalue weighted by Gasteiger charge is 2.28. The Labute approximate surface area is 108 Å². The summed E-state index contributed by atoms with van der Waals surface area (Å²) in [5.41, 5.74) is 1.31. The molecule has 0 amide bonds. The lowest BCUT2D eigenvalue weighted by Gasteiger charge is -2.32. The average Bonchev–Trinajstić information content (AvgIpc) is 2.36. The average molecular weight is 254 g/mol. The summed E-state index contributed by atoms with van der Waals surface area (Å²) in [6, 6.07) is 10.4. The zero-order chi connectivity index (χ0) is 12.9. The molecule has 0 aliphatic rings. The van der Waals surface area contributed by atoms with E-state index in [4.69, 9.17) is 5.11 Å². The van der Waals surface area contributed by atoms with Crippen LogP contribution in [0, 0.1) is 0 Å². The van der Waals surface area contributed by atoms with Crippen molar-refractivity contribution in [2.45, 2.75) is 37.5 Å². The molecular formula is C14H22O2S. The monoisotopic (exact) mass is 254 g/mol. The number of aliphatic hydroxyl groups excluding tert-OH is 2. The summed E-state index contributed by atoms with van der Waals surface area (Å²) in [7, 11) is 0. The number of hydrogen-bond acceptors (Lipinski definition) is 3. The quantitative estimate of drug-likeness (QED) is 0.820. The maximum Gasteiger partial charge on any atom is 0.0861 e. The molecule has 2 atom stereocenters. The molecule has 2 unspecified atom stereocenters. The molecule has 17 heavy (non-hydrogen) atoms. The van der Waals surface area contributed by atoms with Gasteiger partial charge in [-0.05, 0) is 11.5 Å². The fraction of sp³-hybridized carbons (Fsp3) is 0.571. The number of rotatable bonds is 6. The minimum atomic E-state index is -0.623. The highest BCUT2D eigenvalue weighted by Crippen LogP contribution is 2.38. The second-order valence-electron chi connectivity index (χ2n) is 4.88. The minimum Gasteiger partial charge on any atom is -0.394 e. The van der Waals surface area contributed by atoms with Gasteiger partial charge in [0, 0.05) is 10.5 Å². The zero-order valence-corrected chi connectivity index (χ0v) is 11.6. The van der Waals surface area contributed by atoms with Crippen LogP contribution in [0.4, 0.5) is 0 Å². The van der Waals surface area contributed by atoms with E-state index in [-0.39, 0.29) is 11.4 Å². The van der Waals surface area contributed by atoms with Crippen LogP contribution in [0.15, 0.2) is 30.3 Å². The summed E-state index contributed by atoms with van der Waals surface area (Å²) < 4.78 is 0.0392. The smallest absolute Gasteiger partial charge is 0.0861 e. The number of benzene rings is 1. The third kappa shape index (κ3) is 4.34. The minimum absolute atomic E-state index is 0.0392. The predicted octanol–water partition coefficient (Wildman–Crippen LogP) is 2.66. The molecule has 2 nitrogen and oxygen atoms in total. The van der Waals surface area contributed by atoms with Crippen LogP contribution in [0.1, 0.15) is 32.3 Å². The van der Waals surface area contributed by atoms with Gasteiger partial charge in [-0.3, -0.25) is 0 Å². The van der Waals surface area contributed by atoms with Crippen molar-refractivity contribution in [3.63, 3.8) is 0 Å². The van der Waals surface area contributed by atoms with E-state index in [1.165, 1.54) is 5.56 Å². The maximum absolute atomic E-state index is 9.40. The molecule has 0 heterocycles. The molecular weight excluding hydrogens is 232 g/mol. The fourth-order valence-electron chi connectivity index (χ4n) is 1.63. The fourth-order valence-corrected chi connectivity index (χ4v) is 2.75. The second-order valence-corrected chi connectivity index (χ2v) is 6.56. The van der Waals surface area contributed by atoms with Gasteiger partial charge in [-0.25, -0.2) is 0 Å². The molecule has 0 spiro atoms. The van der Waals surface area contributed by atoms with Crippen molar-refractivity contribution >= 4 is 11.8 Å². The molecule has 1 rings (SSSR count). The van der Waals surface area contributed by atoms with Crippen molar-refractivity contribution in [2.75, 3.05) is 12.4 Å². The Kier molecular flexibility index (Phi) is 5.50. The van der Waals surface area contributed by atoms with Gasteiger partial charge in [0.2, 0.25) is 0 Å². The Balaban J connectivity index is 2.63. The topological polar surface area (TPSA) is 40.5 Å². The molecule has 0 fully saturated rings. The highest BCUT2D eigenvalue weighted by atomic mass is 32.2. The molecule has 2 N–H and O–H groups in total. The van der Waals surface area contributed by atoms with Crippen LogP contribution in [0.3, 0.4) is 0 Å². The molecule has 1 aromatic carbocycles. The molecule has 0 bridgehead atoms. The third-order valence-electron chi connectivity index (χ3n) is 3.20. The molecule has 0 aliphatic carbocycles. The van der Waals surface area contributed by atoms with E-state index in [1.807, 2.05) is 6.07 Å². The largest absolute Gasteiger partial charge is 0.394 e. The summed E-state index contributed by atoms with van der Waals surface area (Å²) in [5, 5.41) is 18.2. The van der Waals surface area contributed by atoms with Crippen LogP contribution in [0.25, 0.3) is 0 Å². The van der Waals surface area contributed by atoms with Gasteiger partial charge in [0.25, 0.3) is 0 Å². The van der Waals surface area contributed by atoms with Gasteiger partial charge in [0.05, 0.1) is 12.7 Å². The second kappa shape index (κ2) is 6.43. The first kappa shape index (κ1) is 14.6. The molecule has 0 aromatic heterocycles. The van der Waals surface area contributed by atoms with Crippen LogP contribution in [-0.2, 0) is 0 Å². The van der Waals surface area contributed by atoms with Gasteiger partial charge >= 0.3 is 0 Å². The van der Waals surface area contributed by atoms with Crippen LogP contribution in [0.5, 0.6) is 0 Å². The van der Waals surface area contributed by atoms with E-state index in [9.17, 15) is 5.11 Å². The first-order chi connectivity index (χ1) is 7.97. The summed E-state index contributed by atoms with van der Waals surface area (Å²) in [5.74, 6) is 0.973. The van der Waals surface area contributed by atoms with Crippen molar-refractivity contribution in [3.8, 4) is 0 Å². The van der Waals surface area contributed by atoms with Crippen molar-refractivity contribution in [2.24, 2.45) is 0 Å². The van der Waals surface area contributed by atoms with E-state index in [0.29, 0.717) is 11.7 Å². The number of aliphatic hydroxyl groups is 2.